The van der Waals surface area contributed by atoms with Gasteiger partial charge in [-0.3, -0.25) is 4.79 Å². The molecule has 0 unspecified atom stereocenters. The lowest BCUT2D eigenvalue weighted by Crippen LogP contribution is -2.29. The summed E-state index contributed by atoms with van der Waals surface area (Å²) in [6.45, 7) is 4.50. The number of nitrogens with one attached hydrogen (secondary N) is 1. The number of hydrogen-bond acceptors (Lipinski definition) is 5. The molecule has 1 amide bonds. The number of nitrogens with zero attached hydrogens (tertiary/aromatic N) is 2. The average Bonchev–Trinajstić information content (AvgIpc) is 3.36. The fraction of sp³-hybridized carbons (Fsp3) is 0.120. The summed E-state index contributed by atoms with van der Waals surface area (Å²) >= 11 is 0. The van der Waals surface area contributed by atoms with Gasteiger partial charge in [0, 0.05) is 19.2 Å². The first-order chi connectivity index (χ1) is 15.9. The van der Waals surface area contributed by atoms with Gasteiger partial charge in [0.25, 0.3) is 0 Å². The SMILES string of the molecule is C=CCN(Cc1ccc(C#N)cc1)C(=O)/C=C/c1ccc(S(=O)(=O)NCc2ccco2)cc1. The number of rotatable bonds is 10. The molecule has 7 nitrogen and oxygen atoms in total. The molecule has 0 aliphatic heterocycles. The molecule has 0 spiro atoms. The van der Waals surface area contributed by atoms with Crippen molar-refractivity contribution < 1.29 is 17.6 Å². The van der Waals surface area contributed by atoms with Crippen LogP contribution >= 0.6 is 0 Å². The Morgan fingerprint density at radius 3 is 2.45 bits per heavy atom. The smallest absolute Gasteiger partial charge is 0.247 e. The number of sulfonamides is 1. The largest absolute Gasteiger partial charge is 0.468 e. The molecule has 0 saturated carbocycles. The monoisotopic (exact) mass is 461 g/mol. The van der Waals surface area contributed by atoms with Gasteiger partial charge in [0.05, 0.1) is 29.3 Å². The molecular formula is C25H23N3O4S. The molecule has 0 fully saturated rings. The number of furan rings is 1. The van der Waals surface area contributed by atoms with Crippen molar-refractivity contribution in [1.29, 1.82) is 5.26 Å². The average molecular weight is 462 g/mol. The van der Waals surface area contributed by atoms with Gasteiger partial charge in [0.2, 0.25) is 15.9 Å². The van der Waals surface area contributed by atoms with Crippen LogP contribution < -0.4 is 4.72 Å². The highest BCUT2D eigenvalue weighted by molar-refractivity contribution is 7.89. The lowest BCUT2D eigenvalue weighted by Gasteiger charge is -2.19. The molecule has 0 radical (unpaired) electrons. The summed E-state index contributed by atoms with van der Waals surface area (Å²) < 4.78 is 32.5. The minimum Gasteiger partial charge on any atom is -0.468 e. The third kappa shape index (κ3) is 6.77. The van der Waals surface area contributed by atoms with Crippen LogP contribution in [0.25, 0.3) is 6.08 Å². The Hall–Kier alpha value is -3.93. The molecule has 0 saturated heterocycles. The standard InChI is InChI=1S/C25H23N3O4S/c1-2-15-28(19-22-7-5-21(17-26)6-8-22)25(29)14-11-20-9-12-24(13-10-20)33(30,31)27-18-23-4-3-16-32-23/h2-14,16,27H,1,15,18-19H2/b14-11+. The Balaban J connectivity index is 1.63. The molecule has 3 rings (SSSR count). The van der Waals surface area contributed by atoms with Crippen molar-refractivity contribution in [2.45, 2.75) is 18.0 Å². The topological polar surface area (TPSA) is 103 Å². The highest BCUT2D eigenvalue weighted by atomic mass is 32.2. The first-order valence-corrected chi connectivity index (χ1v) is 11.6. The number of benzene rings is 2. The van der Waals surface area contributed by atoms with Crippen molar-refractivity contribution in [1.82, 2.24) is 9.62 Å². The van der Waals surface area contributed by atoms with Crippen molar-refractivity contribution >= 4 is 22.0 Å². The molecule has 0 aliphatic rings. The quantitative estimate of drug-likeness (QED) is 0.365. The summed E-state index contributed by atoms with van der Waals surface area (Å²) in [5, 5.41) is 8.91. The third-order valence-electron chi connectivity index (χ3n) is 4.74. The summed E-state index contributed by atoms with van der Waals surface area (Å²) in [5.74, 6) is 0.304. The van der Waals surface area contributed by atoms with E-state index in [1.807, 2.05) is 12.1 Å². The van der Waals surface area contributed by atoms with E-state index in [1.165, 1.54) is 24.5 Å². The Kier molecular flexibility index (Phi) is 7.97. The second-order valence-corrected chi connectivity index (χ2v) is 8.89. The maximum absolute atomic E-state index is 12.7. The van der Waals surface area contributed by atoms with Crippen molar-refractivity contribution in [3.63, 3.8) is 0 Å². The highest BCUT2D eigenvalue weighted by Crippen LogP contribution is 2.14. The van der Waals surface area contributed by atoms with Crippen molar-refractivity contribution in [2.75, 3.05) is 6.54 Å². The van der Waals surface area contributed by atoms with E-state index in [0.717, 1.165) is 5.56 Å². The van der Waals surface area contributed by atoms with Crippen molar-refractivity contribution in [2.24, 2.45) is 0 Å². The van der Waals surface area contributed by atoms with Gasteiger partial charge >= 0.3 is 0 Å². The fourth-order valence-electron chi connectivity index (χ4n) is 2.99. The van der Waals surface area contributed by atoms with Crippen LogP contribution in [0.4, 0.5) is 0 Å². The predicted octanol–water partition coefficient (Wildman–Crippen LogP) is 3.86. The molecule has 3 aromatic rings. The zero-order valence-corrected chi connectivity index (χ0v) is 18.7. The van der Waals surface area contributed by atoms with E-state index < -0.39 is 10.0 Å². The first kappa shape index (κ1) is 23.7. The normalized spacial score (nSPS) is 11.2. The van der Waals surface area contributed by atoms with E-state index in [9.17, 15) is 13.2 Å². The molecule has 33 heavy (non-hydrogen) atoms. The minimum absolute atomic E-state index is 0.0594. The van der Waals surface area contributed by atoms with Crippen LogP contribution in [-0.2, 0) is 27.9 Å². The van der Waals surface area contributed by atoms with Gasteiger partial charge in [0.1, 0.15) is 5.76 Å². The summed E-state index contributed by atoms with van der Waals surface area (Å²) in [4.78, 5) is 14.4. The number of nitriles is 1. The zero-order valence-electron chi connectivity index (χ0n) is 17.8. The number of carbonyl (C=O) groups excluding carboxylic acids is 1. The predicted molar refractivity (Wildman–Crippen MR) is 125 cm³/mol. The van der Waals surface area contributed by atoms with Gasteiger partial charge < -0.3 is 9.32 Å². The number of carbonyl (C=O) groups is 1. The van der Waals surface area contributed by atoms with Crippen molar-refractivity contribution in [3.8, 4) is 6.07 Å². The number of amides is 1. The van der Waals surface area contributed by atoms with Crippen LogP contribution in [-0.4, -0.2) is 25.8 Å². The summed E-state index contributed by atoms with van der Waals surface area (Å²) in [5.41, 5.74) is 2.14. The van der Waals surface area contributed by atoms with Crippen LogP contribution in [0.2, 0.25) is 0 Å². The minimum atomic E-state index is -3.69. The van der Waals surface area contributed by atoms with E-state index in [-0.39, 0.29) is 17.3 Å². The van der Waals surface area contributed by atoms with Crippen LogP contribution in [0.1, 0.15) is 22.5 Å². The summed E-state index contributed by atoms with van der Waals surface area (Å²) in [6.07, 6.45) is 6.19. The molecule has 1 N–H and O–H groups in total. The molecule has 0 atom stereocenters. The Morgan fingerprint density at radius 2 is 1.85 bits per heavy atom. The molecule has 168 valence electrons. The van der Waals surface area contributed by atoms with Crippen LogP contribution in [0.3, 0.4) is 0 Å². The number of hydrogen-bond donors (Lipinski definition) is 1. The van der Waals surface area contributed by atoms with Crippen molar-refractivity contribution in [3.05, 3.63) is 108 Å². The zero-order chi connectivity index (χ0) is 23.7. The molecular weight excluding hydrogens is 438 g/mol. The van der Waals surface area contributed by atoms with Crippen LogP contribution in [0, 0.1) is 11.3 Å². The van der Waals surface area contributed by atoms with E-state index in [2.05, 4.69) is 17.4 Å². The molecule has 8 heteroatoms. The maximum Gasteiger partial charge on any atom is 0.247 e. The molecule has 2 aromatic carbocycles. The van der Waals surface area contributed by atoms with Gasteiger partial charge in [-0.2, -0.15) is 5.26 Å². The third-order valence-corrected chi connectivity index (χ3v) is 6.16. The van der Waals surface area contributed by atoms with E-state index in [4.69, 9.17) is 9.68 Å². The highest BCUT2D eigenvalue weighted by Gasteiger charge is 2.14. The second-order valence-electron chi connectivity index (χ2n) is 7.12. The van der Waals surface area contributed by atoms with Gasteiger partial charge in [-0.1, -0.05) is 30.3 Å². The van der Waals surface area contributed by atoms with E-state index >= 15 is 0 Å². The molecule has 0 aliphatic carbocycles. The Labute approximate surface area is 193 Å². The second kappa shape index (κ2) is 11.1. The van der Waals surface area contributed by atoms with Gasteiger partial charge in [-0.15, -0.1) is 6.58 Å². The van der Waals surface area contributed by atoms with Crippen LogP contribution in [0.15, 0.2) is 95.0 Å². The van der Waals surface area contributed by atoms with Gasteiger partial charge in [0.15, 0.2) is 0 Å². The van der Waals surface area contributed by atoms with E-state index in [0.29, 0.717) is 30.0 Å². The molecule has 0 bridgehead atoms. The Morgan fingerprint density at radius 1 is 1.12 bits per heavy atom. The summed E-state index contributed by atoms with van der Waals surface area (Å²) in [6, 6.07) is 18.7. The lowest BCUT2D eigenvalue weighted by atomic mass is 10.1. The maximum atomic E-state index is 12.7. The first-order valence-electron chi connectivity index (χ1n) is 10.1. The molecule has 1 heterocycles. The molecule has 1 aromatic heterocycles. The van der Waals surface area contributed by atoms with E-state index in [1.54, 1.807) is 53.5 Å². The Bertz CT molecular complexity index is 1250. The summed E-state index contributed by atoms with van der Waals surface area (Å²) in [7, 11) is -3.69. The van der Waals surface area contributed by atoms with Gasteiger partial charge in [-0.25, -0.2) is 13.1 Å². The van der Waals surface area contributed by atoms with Gasteiger partial charge in [-0.05, 0) is 53.6 Å². The van der Waals surface area contributed by atoms with Crippen LogP contribution in [0.5, 0.6) is 0 Å². The lowest BCUT2D eigenvalue weighted by molar-refractivity contribution is -0.126. The fourth-order valence-corrected chi connectivity index (χ4v) is 3.98.